The fourth-order valence-electron chi connectivity index (χ4n) is 4.31. The van der Waals surface area contributed by atoms with Crippen LogP contribution in [-0.4, -0.2) is 70.5 Å². The molecule has 0 N–H and O–H groups in total. The largest absolute Gasteiger partial charge is 0.495 e. The van der Waals surface area contributed by atoms with Crippen molar-refractivity contribution in [1.29, 1.82) is 0 Å². The van der Waals surface area contributed by atoms with Crippen molar-refractivity contribution in [3.05, 3.63) is 83.4 Å². The van der Waals surface area contributed by atoms with Crippen LogP contribution in [0.1, 0.15) is 5.56 Å². The molecule has 10 heteroatoms. The molecule has 196 valence electrons. The second-order valence-electron chi connectivity index (χ2n) is 8.59. The highest BCUT2D eigenvalue weighted by molar-refractivity contribution is 7.89. The van der Waals surface area contributed by atoms with E-state index < -0.39 is 10.0 Å². The highest BCUT2D eigenvalue weighted by Gasteiger charge is 2.31. The molecule has 3 aromatic carbocycles. The first-order chi connectivity index (χ1) is 17.8. The Balaban J connectivity index is 1.51. The van der Waals surface area contributed by atoms with E-state index in [1.807, 2.05) is 54.6 Å². The van der Waals surface area contributed by atoms with Crippen molar-refractivity contribution >= 4 is 33.2 Å². The van der Waals surface area contributed by atoms with Crippen molar-refractivity contribution in [3.8, 4) is 11.5 Å². The summed E-state index contributed by atoms with van der Waals surface area (Å²) in [4.78, 5) is 17.2. The van der Waals surface area contributed by atoms with Gasteiger partial charge >= 0.3 is 0 Å². The van der Waals surface area contributed by atoms with Crippen molar-refractivity contribution in [3.63, 3.8) is 0 Å². The first-order valence-electron chi connectivity index (χ1n) is 11.9. The third-order valence-corrected chi connectivity index (χ3v) is 8.42. The van der Waals surface area contributed by atoms with Crippen LogP contribution < -0.4 is 14.4 Å². The fraction of sp³-hybridized carbons (Fsp3) is 0.296. The highest BCUT2D eigenvalue weighted by atomic mass is 35.5. The lowest BCUT2D eigenvalue weighted by molar-refractivity contribution is -0.131. The number of sulfonamides is 1. The number of amides is 1. The van der Waals surface area contributed by atoms with Gasteiger partial charge in [-0.15, -0.1) is 0 Å². The van der Waals surface area contributed by atoms with E-state index in [2.05, 4.69) is 4.90 Å². The average molecular weight is 544 g/mol. The number of carbonyl (C=O) groups excluding carboxylic acids is 1. The van der Waals surface area contributed by atoms with Gasteiger partial charge in [-0.05, 0) is 35.9 Å². The van der Waals surface area contributed by atoms with E-state index >= 15 is 0 Å². The monoisotopic (exact) mass is 543 g/mol. The van der Waals surface area contributed by atoms with E-state index in [0.29, 0.717) is 31.9 Å². The van der Waals surface area contributed by atoms with E-state index in [-0.39, 0.29) is 28.9 Å². The van der Waals surface area contributed by atoms with Crippen LogP contribution >= 0.6 is 11.6 Å². The lowest BCUT2D eigenvalue weighted by Gasteiger charge is -2.37. The Labute approximate surface area is 223 Å². The van der Waals surface area contributed by atoms with Gasteiger partial charge in [-0.1, -0.05) is 54.1 Å². The summed E-state index contributed by atoms with van der Waals surface area (Å²) in [7, 11) is -0.927. The average Bonchev–Trinajstić information content (AvgIpc) is 2.93. The van der Waals surface area contributed by atoms with Crippen LogP contribution in [0.4, 0.5) is 5.69 Å². The molecule has 37 heavy (non-hydrogen) atoms. The van der Waals surface area contributed by atoms with E-state index in [9.17, 15) is 13.2 Å². The Kier molecular flexibility index (Phi) is 8.58. The number of ether oxygens (including phenoxy) is 2. The third-order valence-electron chi connectivity index (χ3n) is 6.33. The van der Waals surface area contributed by atoms with E-state index in [0.717, 1.165) is 17.0 Å². The summed E-state index contributed by atoms with van der Waals surface area (Å²) in [6.07, 6.45) is 0. The normalized spacial score (nSPS) is 14.1. The first-order valence-corrected chi connectivity index (χ1v) is 13.7. The van der Waals surface area contributed by atoms with E-state index in [1.54, 1.807) is 12.0 Å². The van der Waals surface area contributed by atoms with Gasteiger partial charge in [-0.3, -0.25) is 4.79 Å². The molecule has 0 aliphatic carbocycles. The Morgan fingerprint density at radius 3 is 2.19 bits per heavy atom. The van der Waals surface area contributed by atoms with Crippen molar-refractivity contribution in [2.75, 3.05) is 51.8 Å². The van der Waals surface area contributed by atoms with Crippen LogP contribution in [0.3, 0.4) is 0 Å². The second kappa shape index (κ2) is 11.9. The summed E-state index contributed by atoms with van der Waals surface area (Å²) in [5, 5.41) is 0.182. The Morgan fingerprint density at radius 1 is 0.892 bits per heavy atom. The highest BCUT2D eigenvalue weighted by Crippen LogP contribution is 2.30. The molecule has 0 saturated carbocycles. The molecule has 0 radical (unpaired) electrons. The molecule has 0 spiro atoms. The van der Waals surface area contributed by atoms with Crippen LogP contribution in [0.5, 0.6) is 11.5 Å². The maximum absolute atomic E-state index is 13.6. The molecular formula is C27H30ClN3O5S. The van der Waals surface area contributed by atoms with Gasteiger partial charge < -0.3 is 19.3 Å². The van der Waals surface area contributed by atoms with Crippen molar-refractivity contribution < 1.29 is 22.7 Å². The molecule has 1 amide bonds. The summed E-state index contributed by atoms with van der Waals surface area (Å²) < 4.78 is 39.1. The number of halogens is 1. The number of para-hydroxylation sites is 2. The van der Waals surface area contributed by atoms with Gasteiger partial charge in [-0.2, -0.15) is 4.31 Å². The number of hydrogen-bond donors (Lipinski definition) is 0. The zero-order valence-corrected chi connectivity index (χ0v) is 22.4. The van der Waals surface area contributed by atoms with Crippen molar-refractivity contribution in [1.82, 2.24) is 9.21 Å². The summed E-state index contributed by atoms with van der Waals surface area (Å²) in [5.41, 5.74) is 1.75. The van der Waals surface area contributed by atoms with Gasteiger partial charge in [0.05, 0.1) is 36.4 Å². The van der Waals surface area contributed by atoms with E-state index in [1.165, 1.54) is 29.6 Å². The standard InChI is InChI=1S/C27H30ClN3O5S/c1-35-25-13-12-22(18-23(25)28)37(33,34)31(19-21-8-4-3-5-9-21)20-27(32)30-16-14-29(15-17-30)24-10-6-7-11-26(24)36-2/h3-13,18H,14-17,19-20H2,1-2H3. The summed E-state index contributed by atoms with van der Waals surface area (Å²) in [5.74, 6) is 0.901. The Morgan fingerprint density at radius 2 is 1.54 bits per heavy atom. The van der Waals surface area contributed by atoms with Crippen LogP contribution in [0, 0.1) is 0 Å². The smallest absolute Gasteiger partial charge is 0.243 e. The number of piperazine rings is 1. The van der Waals surface area contributed by atoms with Crippen LogP contribution in [0.2, 0.25) is 5.02 Å². The Bertz CT molecular complexity index is 1330. The number of carbonyl (C=O) groups is 1. The molecule has 0 atom stereocenters. The molecule has 1 heterocycles. The molecule has 1 aliphatic rings. The van der Waals surface area contributed by atoms with Crippen molar-refractivity contribution in [2.24, 2.45) is 0 Å². The molecule has 1 saturated heterocycles. The second-order valence-corrected chi connectivity index (χ2v) is 10.9. The minimum absolute atomic E-state index is 0.00280. The van der Waals surface area contributed by atoms with Crippen molar-refractivity contribution in [2.45, 2.75) is 11.4 Å². The molecule has 1 aliphatic heterocycles. The quantitative estimate of drug-likeness (QED) is 0.407. The molecule has 1 fully saturated rings. The molecular weight excluding hydrogens is 514 g/mol. The molecule has 8 nitrogen and oxygen atoms in total. The number of methoxy groups -OCH3 is 2. The van der Waals surface area contributed by atoms with Gasteiger partial charge in [-0.25, -0.2) is 8.42 Å². The third kappa shape index (κ3) is 6.18. The van der Waals surface area contributed by atoms with Gasteiger partial charge in [0.1, 0.15) is 11.5 Å². The minimum atomic E-state index is -4.02. The fourth-order valence-corrected chi connectivity index (χ4v) is 6.03. The zero-order chi connectivity index (χ0) is 26.4. The molecule has 4 rings (SSSR count). The number of hydrogen-bond acceptors (Lipinski definition) is 6. The summed E-state index contributed by atoms with van der Waals surface area (Å²) >= 11 is 6.22. The van der Waals surface area contributed by atoms with E-state index in [4.69, 9.17) is 21.1 Å². The molecule has 3 aromatic rings. The van der Waals surface area contributed by atoms with Gasteiger partial charge in [0, 0.05) is 32.7 Å². The first kappa shape index (κ1) is 26.8. The predicted octanol–water partition coefficient (Wildman–Crippen LogP) is 3.90. The van der Waals surface area contributed by atoms with Gasteiger partial charge in [0.25, 0.3) is 0 Å². The summed E-state index contributed by atoms with van der Waals surface area (Å²) in [6.45, 7) is 1.96. The maximum atomic E-state index is 13.6. The number of anilines is 1. The lowest BCUT2D eigenvalue weighted by Crippen LogP contribution is -2.51. The van der Waals surface area contributed by atoms with Gasteiger partial charge in [0.15, 0.2) is 0 Å². The van der Waals surface area contributed by atoms with Crippen LogP contribution in [0.15, 0.2) is 77.7 Å². The zero-order valence-electron chi connectivity index (χ0n) is 20.8. The van der Waals surface area contributed by atoms with Crippen LogP contribution in [0.25, 0.3) is 0 Å². The topological polar surface area (TPSA) is 79.4 Å². The minimum Gasteiger partial charge on any atom is -0.495 e. The number of nitrogens with zero attached hydrogens (tertiary/aromatic N) is 3. The molecule has 0 bridgehead atoms. The van der Waals surface area contributed by atoms with Gasteiger partial charge in [0.2, 0.25) is 15.9 Å². The molecule has 0 aromatic heterocycles. The lowest BCUT2D eigenvalue weighted by atomic mass is 10.2. The summed E-state index contributed by atoms with van der Waals surface area (Å²) in [6, 6.07) is 21.3. The SMILES string of the molecule is COc1ccc(S(=O)(=O)N(CC(=O)N2CCN(c3ccccc3OC)CC2)Cc2ccccc2)cc1Cl. The number of rotatable bonds is 9. The maximum Gasteiger partial charge on any atom is 0.243 e. The predicted molar refractivity (Wildman–Crippen MR) is 144 cm³/mol. The number of benzene rings is 3. The molecule has 0 unspecified atom stereocenters. The Hall–Kier alpha value is -3.27. The van der Waals surface area contributed by atoms with Crippen LogP contribution in [-0.2, 0) is 21.4 Å².